The normalized spacial score (nSPS) is 17.5. The number of thioether (sulfide) groups is 1. The Kier molecular flexibility index (Phi) is 5.59. The number of nitrogens with two attached hydrogens (primary N) is 1. The van der Waals surface area contributed by atoms with Crippen molar-refractivity contribution in [2.45, 2.75) is 5.92 Å². The maximum atomic E-state index is 13.0. The summed E-state index contributed by atoms with van der Waals surface area (Å²) in [5, 5.41) is 43.0. The van der Waals surface area contributed by atoms with E-state index in [-0.39, 0.29) is 49.4 Å². The molecule has 0 radical (unpaired) electrons. The predicted molar refractivity (Wildman–Crippen MR) is 121 cm³/mol. The summed E-state index contributed by atoms with van der Waals surface area (Å²) >= 11 is 0.891. The summed E-state index contributed by atoms with van der Waals surface area (Å²) in [5.74, 6) is -2.18. The number of amides is 1. The molecule has 4 rings (SSSR count). The Labute approximate surface area is 196 Å². The number of para-hydroxylation sites is 2. The first-order valence-electron chi connectivity index (χ1n) is 9.54. The van der Waals surface area contributed by atoms with Gasteiger partial charge in [-0.15, -0.1) is 0 Å². The molecule has 12 heteroatoms. The van der Waals surface area contributed by atoms with Crippen LogP contribution in [0.15, 0.2) is 76.6 Å². The van der Waals surface area contributed by atoms with Crippen molar-refractivity contribution in [2.75, 3.05) is 0 Å². The second-order valence-corrected chi connectivity index (χ2v) is 8.08. The van der Waals surface area contributed by atoms with Crippen LogP contribution in [0, 0.1) is 42.9 Å². The standard InChI is InChI=1S/C22H12N6O5S/c23-10-14-20(13-6-2-4-8-17(13)28(32)33)15(11-24)22-26(21(14)25)19(29)9-18(34-22)12-5-1-3-7-16(12)27(30)31/h1-9,20H,25H2. The van der Waals surface area contributed by atoms with E-state index in [2.05, 4.69) is 0 Å². The Balaban J connectivity index is 1.97. The smallest absolute Gasteiger partial charge is 0.277 e. The third-order valence-corrected chi connectivity index (χ3v) is 6.41. The molecular formula is C22H12N6O5S. The molecule has 0 bridgehead atoms. The summed E-state index contributed by atoms with van der Waals surface area (Å²) in [4.78, 5) is 36.1. The van der Waals surface area contributed by atoms with Crippen LogP contribution in [0.2, 0.25) is 0 Å². The number of nitriles is 2. The SMILES string of the molecule is N#CC1=C(N)N2C(=O)C=C(c3ccccc3[N+](=O)[O-])SC2=C(C#N)C1c1ccccc1[N+](=O)[O-]. The zero-order valence-electron chi connectivity index (χ0n) is 17.0. The van der Waals surface area contributed by atoms with Crippen LogP contribution in [0.5, 0.6) is 0 Å². The molecule has 1 unspecified atom stereocenters. The Bertz CT molecular complexity index is 1460. The van der Waals surface area contributed by atoms with Crippen LogP contribution in [0.4, 0.5) is 11.4 Å². The second-order valence-electron chi connectivity index (χ2n) is 7.05. The van der Waals surface area contributed by atoms with Gasteiger partial charge in [0.15, 0.2) is 0 Å². The second kappa shape index (κ2) is 8.54. The minimum atomic E-state index is -1.20. The molecule has 0 aliphatic carbocycles. The molecule has 0 saturated heterocycles. The fourth-order valence-corrected chi connectivity index (χ4v) is 5.02. The minimum Gasteiger partial charge on any atom is -0.384 e. The first-order valence-corrected chi connectivity index (χ1v) is 10.4. The monoisotopic (exact) mass is 472 g/mol. The number of carbonyl (C=O) groups excluding carboxylic acids is 1. The van der Waals surface area contributed by atoms with Crippen molar-refractivity contribution in [1.82, 2.24) is 4.90 Å². The van der Waals surface area contributed by atoms with Gasteiger partial charge in [-0.3, -0.25) is 29.9 Å². The molecule has 2 heterocycles. The van der Waals surface area contributed by atoms with E-state index in [1.807, 2.05) is 12.1 Å². The highest BCUT2D eigenvalue weighted by Gasteiger charge is 2.43. The minimum absolute atomic E-state index is 0.0304. The van der Waals surface area contributed by atoms with Crippen LogP contribution in [0.3, 0.4) is 0 Å². The molecule has 11 nitrogen and oxygen atoms in total. The van der Waals surface area contributed by atoms with Crippen LogP contribution < -0.4 is 5.73 Å². The average molecular weight is 472 g/mol. The number of allylic oxidation sites excluding steroid dienone is 2. The molecule has 2 aromatic rings. The molecule has 1 amide bonds. The number of nitrogens with zero attached hydrogens (tertiary/aromatic N) is 5. The Morgan fingerprint density at radius 1 is 0.941 bits per heavy atom. The number of rotatable bonds is 4. The summed E-state index contributed by atoms with van der Waals surface area (Å²) in [6.07, 6.45) is 1.14. The van der Waals surface area contributed by atoms with Gasteiger partial charge in [-0.2, -0.15) is 10.5 Å². The van der Waals surface area contributed by atoms with Crippen molar-refractivity contribution in [3.8, 4) is 12.1 Å². The van der Waals surface area contributed by atoms with Crippen molar-refractivity contribution in [1.29, 1.82) is 10.5 Å². The van der Waals surface area contributed by atoms with Gasteiger partial charge >= 0.3 is 0 Å². The van der Waals surface area contributed by atoms with E-state index < -0.39 is 21.7 Å². The van der Waals surface area contributed by atoms with Gasteiger partial charge in [0.05, 0.1) is 44.6 Å². The largest absolute Gasteiger partial charge is 0.384 e. The Hall–Kier alpha value is -4.94. The Morgan fingerprint density at radius 3 is 2.15 bits per heavy atom. The molecule has 2 aromatic carbocycles. The van der Waals surface area contributed by atoms with Gasteiger partial charge in [0, 0.05) is 28.7 Å². The van der Waals surface area contributed by atoms with E-state index in [9.17, 15) is 35.5 Å². The highest BCUT2D eigenvalue weighted by molar-refractivity contribution is 8.11. The number of nitro groups is 2. The quantitative estimate of drug-likeness (QED) is 0.513. The number of hydrogen-bond donors (Lipinski definition) is 1. The first kappa shape index (κ1) is 22.3. The van der Waals surface area contributed by atoms with Crippen molar-refractivity contribution in [2.24, 2.45) is 5.73 Å². The van der Waals surface area contributed by atoms with E-state index in [1.165, 1.54) is 42.5 Å². The summed E-state index contributed by atoms with van der Waals surface area (Å²) < 4.78 is 0. The highest BCUT2D eigenvalue weighted by Crippen LogP contribution is 2.51. The van der Waals surface area contributed by atoms with E-state index in [1.54, 1.807) is 6.07 Å². The lowest BCUT2D eigenvalue weighted by Crippen LogP contribution is -2.39. The van der Waals surface area contributed by atoms with Crippen molar-refractivity contribution in [3.05, 3.63) is 108 Å². The highest BCUT2D eigenvalue weighted by atomic mass is 32.2. The molecule has 2 N–H and O–H groups in total. The van der Waals surface area contributed by atoms with Gasteiger partial charge in [0.2, 0.25) is 0 Å². The van der Waals surface area contributed by atoms with Gasteiger partial charge < -0.3 is 5.73 Å². The van der Waals surface area contributed by atoms with Crippen LogP contribution in [-0.4, -0.2) is 20.7 Å². The number of nitro benzene ring substituents is 2. The fourth-order valence-electron chi connectivity index (χ4n) is 3.81. The first-order chi connectivity index (χ1) is 16.3. The number of fused-ring (bicyclic) bond motifs is 1. The molecule has 0 spiro atoms. The molecule has 0 fully saturated rings. The van der Waals surface area contributed by atoms with Gasteiger partial charge in [0.25, 0.3) is 17.3 Å². The molecule has 34 heavy (non-hydrogen) atoms. The lowest BCUT2D eigenvalue weighted by molar-refractivity contribution is -0.385. The predicted octanol–water partition coefficient (Wildman–Crippen LogP) is 3.65. The van der Waals surface area contributed by atoms with Crippen LogP contribution in [-0.2, 0) is 4.79 Å². The Morgan fingerprint density at radius 2 is 1.53 bits per heavy atom. The lowest BCUT2D eigenvalue weighted by atomic mass is 9.83. The molecule has 0 saturated carbocycles. The van der Waals surface area contributed by atoms with Crippen molar-refractivity contribution in [3.63, 3.8) is 0 Å². The molecule has 166 valence electrons. The average Bonchev–Trinajstić information content (AvgIpc) is 2.83. The molecule has 1 atom stereocenters. The summed E-state index contributed by atoms with van der Waals surface area (Å²) in [6, 6.07) is 15.3. The van der Waals surface area contributed by atoms with E-state index in [4.69, 9.17) is 5.73 Å². The van der Waals surface area contributed by atoms with Crippen LogP contribution in [0.1, 0.15) is 17.0 Å². The van der Waals surface area contributed by atoms with Crippen LogP contribution >= 0.6 is 11.8 Å². The van der Waals surface area contributed by atoms with Crippen molar-refractivity contribution >= 4 is 33.9 Å². The van der Waals surface area contributed by atoms with E-state index in [0.29, 0.717) is 0 Å². The van der Waals surface area contributed by atoms with Gasteiger partial charge in [0.1, 0.15) is 10.9 Å². The third-order valence-electron chi connectivity index (χ3n) is 5.26. The van der Waals surface area contributed by atoms with E-state index >= 15 is 0 Å². The lowest BCUT2D eigenvalue weighted by Gasteiger charge is -2.36. The topological polar surface area (TPSA) is 180 Å². The van der Waals surface area contributed by atoms with Crippen molar-refractivity contribution < 1.29 is 14.6 Å². The molecule has 2 aliphatic rings. The van der Waals surface area contributed by atoms with Crippen LogP contribution in [0.25, 0.3) is 4.91 Å². The fraction of sp³-hybridized carbons (Fsp3) is 0.0455. The number of benzene rings is 2. The summed E-state index contributed by atoms with van der Waals surface area (Å²) in [7, 11) is 0. The summed E-state index contributed by atoms with van der Waals surface area (Å²) in [5.41, 5.74) is 5.52. The van der Waals surface area contributed by atoms with E-state index in [0.717, 1.165) is 22.7 Å². The molecule has 2 aliphatic heterocycles. The maximum Gasteiger partial charge on any atom is 0.277 e. The molecular weight excluding hydrogens is 460 g/mol. The summed E-state index contributed by atoms with van der Waals surface area (Å²) in [6.45, 7) is 0. The van der Waals surface area contributed by atoms with Gasteiger partial charge in [-0.25, -0.2) is 0 Å². The third kappa shape index (κ3) is 3.44. The zero-order chi connectivity index (χ0) is 24.6. The van der Waals surface area contributed by atoms with Gasteiger partial charge in [-0.05, 0) is 6.07 Å². The van der Waals surface area contributed by atoms with Gasteiger partial charge in [-0.1, -0.05) is 42.1 Å². The number of hydrogen-bond acceptors (Lipinski definition) is 9. The maximum absolute atomic E-state index is 13.0. The number of carbonyl (C=O) groups is 1. The molecule has 0 aromatic heterocycles. The zero-order valence-corrected chi connectivity index (χ0v) is 17.9.